The summed E-state index contributed by atoms with van der Waals surface area (Å²) in [6.07, 6.45) is 6.55. The molecule has 2 aliphatic heterocycles. The van der Waals surface area contributed by atoms with Gasteiger partial charge in [-0.05, 0) is 122 Å². The van der Waals surface area contributed by atoms with Crippen LogP contribution in [0.25, 0.3) is 11.1 Å². The summed E-state index contributed by atoms with van der Waals surface area (Å²) < 4.78 is 35.4. The lowest BCUT2D eigenvalue weighted by molar-refractivity contribution is 0.0726. The molecule has 0 fully saturated rings. The third kappa shape index (κ3) is 11.8. The lowest BCUT2D eigenvalue weighted by Crippen LogP contribution is -2.35. The molecule has 0 unspecified atom stereocenters. The normalized spacial score (nSPS) is 15.4. The lowest BCUT2D eigenvalue weighted by Gasteiger charge is -2.23. The van der Waals surface area contributed by atoms with Crippen LogP contribution in [0.4, 0.5) is 11.4 Å². The molecule has 2 aliphatic rings. The van der Waals surface area contributed by atoms with Gasteiger partial charge in [0, 0.05) is 40.9 Å². The molecule has 0 aromatic heterocycles. The molecule has 2 atom stereocenters. The molecular weight excluding hydrogens is 888 g/mol. The predicted molar refractivity (Wildman–Crippen MR) is 263 cm³/mol. The minimum atomic E-state index is -0.479. The van der Waals surface area contributed by atoms with Crippen LogP contribution in [0, 0.1) is 0 Å². The third-order valence-corrected chi connectivity index (χ3v) is 12.0. The number of halogens is 1. The Morgan fingerprint density at radius 2 is 1.04 bits per heavy atom. The molecule has 0 bridgehead atoms. The zero-order valence-electron chi connectivity index (χ0n) is 38.6. The number of nitrogens with two attached hydrogens (primary N) is 2. The van der Waals surface area contributed by atoms with Crippen LogP contribution in [0.3, 0.4) is 0 Å². The van der Waals surface area contributed by atoms with E-state index in [9.17, 15) is 19.8 Å². The molecular formula is C53H59ClN4O10. The van der Waals surface area contributed by atoms with Crippen LogP contribution in [0.15, 0.2) is 109 Å². The van der Waals surface area contributed by atoms with Crippen LogP contribution in [0.2, 0.25) is 5.02 Å². The molecule has 0 aliphatic carbocycles. The van der Waals surface area contributed by atoms with Crippen molar-refractivity contribution < 1.29 is 48.2 Å². The highest BCUT2D eigenvalue weighted by Crippen LogP contribution is 2.39. The third-order valence-electron chi connectivity index (χ3n) is 11.8. The van der Waals surface area contributed by atoms with Gasteiger partial charge in [-0.2, -0.15) is 0 Å². The Morgan fingerprint density at radius 1 is 0.603 bits per heavy atom. The van der Waals surface area contributed by atoms with Gasteiger partial charge in [-0.3, -0.25) is 9.59 Å². The van der Waals surface area contributed by atoms with Gasteiger partial charge in [-0.15, -0.1) is 0 Å². The second-order valence-electron chi connectivity index (χ2n) is 16.4. The SMILES string of the molecule is CCOc1ccc(C2=CN(C(=O)c3cc(OC)c(OCCCCCOc4cc(N)c(C(=O)N5C=C(c6ccc(OCC)cc6)C[C@H]5CO)cc4OCc4ccc(Cl)cc4)cc3N)[C@H](CO)C2)cc1. The summed E-state index contributed by atoms with van der Waals surface area (Å²) in [5.74, 6) is 2.25. The fraction of sp³-hybridized carbons (Fsp3) is 0.321. The molecule has 0 saturated heterocycles. The summed E-state index contributed by atoms with van der Waals surface area (Å²) >= 11 is 6.12. The van der Waals surface area contributed by atoms with Crippen molar-refractivity contribution in [1.82, 2.24) is 9.80 Å². The molecule has 2 amide bonds. The second-order valence-corrected chi connectivity index (χ2v) is 16.8. The highest BCUT2D eigenvalue weighted by Gasteiger charge is 2.33. The van der Waals surface area contributed by atoms with Crippen molar-refractivity contribution in [2.75, 3.05) is 58.2 Å². The van der Waals surface area contributed by atoms with E-state index in [-0.39, 0.29) is 54.1 Å². The number of ether oxygens (including phenoxy) is 6. The van der Waals surface area contributed by atoms with Crippen LogP contribution in [-0.4, -0.2) is 90.7 Å². The van der Waals surface area contributed by atoms with Crippen LogP contribution >= 0.6 is 11.6 Å². The van der Waals surface area contributed by atoms with Crippen molar-refractivity contribution in [3.8, 4) is 34.5 Å². The van der Waals surface area contributed by atoms with E-state index in [1.165, 1.54) is 16.9 Å². The van der Waals surface area contributed by atoms with Gasteiger partial charge in [0.25, 0.3) is 11.8 Å². The van der Waals surface area contributed by atoms with Crippen LogP contribution in [0.1, 0.15) is 83.4 Å². The summed E-state index contributed by atoms with van der Waals surface area (Å²) in [6, 6.07) is 28.0. The highest BCUT2D eigenvalue weighted by atomic mass is 35.5. The van der Waals surface area contributed by atoms with Crippen LogP contribution < -0.4 is 39.9 Å². The summed E-state index contributed by atoms with van der Waals surface area (Å²) in [5, 5.41) is 21.1. The first kappa shape index (κ1) is 49.0. The van der Waals surface area contributed by atoms with Gasteiger partial charge in [0.05, 0.1) is 70.0 Å². The number of nitrogens with zero attached hydrogens (tertiary/aromatic N) is 2. The number of nitrogen functional groups attached to an aromatic ring is 2. The number of aliphatic hydroxyl groups excluding tert-OH is 2. The summed E-state index contributed by atoms with van der Waals surface area (Å²) in [5.41, 5.74) is 18.4. The summed E-state index contributed by atoms with van der Waals surface area (Å²) in [6.45, 7) is 5.36. The van der Waals surface area contributed by atoms with Crippen molar-refractivity contribution >= 4 is 45.9 Å². The van der Waals surface area contributed by atoms with Crippen molar-refractivity contribution in [3.05, 3.63) is 142 Å². The average molecular weight is 948 g/mol. The first-order valence-electron chi connectivity index (χ1n) is 22.8. The molecule has 68 heavy (non-hydrogen) atoms. The topological polar surface area (TPSA) is 188 Å². The van der Waals surface area contributed by atoms with Gasteiger partial charge in [0.1, 0.15) is 18.1 Å². The van der Waals surface area contributed by atoms with E-state index in [0.717, 1.165) is 45.8 Å². The van der Waals surface area contributed by atoms with Crippen molar-refractivity contribution in [1.29, 1.82) is 0 Å². The van der Waals surface area contributed by atoms with E-state index in [1.54, 1.807) is 48.8 Å². The van der Waals surface area contributed by atoms with Crippen LogP contribution in [-0.2, 0) is 6.61 Å². The molecule has 15 heteroatoms. The minimum Gasteiger partial charge on any atom is -0.494 e. The Kier molecular flexibility index (Phi) is 16.8. The predicted octanol–water partition coefficient (Wildman–Crippen LogP) is 9.01. The first-order chi connectivity index (χ1) is 33.0. The molecule has 358 valence electrons. The van der Waals surface area contributed by atoms with Gasteiger partial charge < -0.3 is 59.9 Å². The Hall–Kier alpha value is -6.87. The Balaban J connectivity index is 0.968. The minimum absolute atomic E-state index is 0.181. The number of anilines is 2. The molecule has 0 radical (unpaired) electrons. The number of hydrogen-bond donors (Lipinski definition) is 4. The molecule has 0 spiro atoms. The number of hydrogen-bond acceptors (Lipinski definition) is 12. The Morgan fingerprint density at radius 3 is 1.49 bits per heavy atom. The van der Waals surface area contributed by atoms with E-state index < -0.39 is 12.1 Å². The molecule has 5 aromatic rings. The van der Waals surface area contributed by atoms with E-state index >= 15 is 0 Å². The fourth-order valence-corrected chi connectivity index (χ4v) is 8.27. The van der Waals surface area contributed by atoms with Gasteiger partial charge in [0.2, 0.25) is 0 Å². The fourth-order valence-electron chi connectivity index (χ4n) is 8.14. The monoisotopic (exact) mass is 946 g/mol. The first-order valence-corrected chi connectivity index (χ1v) is 23.2. The number of benzene rings is 5. The number of aliphatic hydroxyl groups is 2. The van der Waals surface area contributed by atoms with E-state index in [0.29, 0.717) is 80.1 Å². The second kappa shape index (κ2) is 23.2. The zero-order chi connectivity index (χ0) is 48.2. The number of amides is 2. The van der Waals surface area contributed by atoms with E-state index in [1.807, 2.05) is 74.5 Å². The van der Waals surface area contributed by atoms with Crippen molar-refractivity contribution in [3.63, 3.8) is 0 Å². The van der Waals surface area contributed by atoms with Crippen molar-refractivity contribution in [2.45, 2.75) is 64.6 Å². The van der Waals surface area contributed by atoms with Crippen molar-refractivity contribution in [2.24, 2.45) is 0 Å². The van der Waals surface area contributed by atoms with E-state index in [2.05, 4.69) is 0 Å². The number of carbonyl (C=O) groups is 2. The number of unbranched alkanes of at least 4 members (excludes halogenated alkanes) is 2. The number of methoxy groups -OCH3 is 1. The standard InChI is InChI=1S/C53H59ClN4O10/c1-4-64-42-17-11-35(12-18-42)37-23-40(31-59)57(29-37)52(61)44-25-48(63-3)50(27-46(44)55)66-21-7-6-8-22-67-51-28-47(56)45(26-49(51)68-33-34-9-15-39(54)16-10-34)53(62)58-30-38(24-41(58)32-60)36-13-19-43(20-14-36)65-5-2/h9-20,25-30,40-41,59-60H,4-8,21-24,31-33,55-56H2,1-3H3/t40-,41-/m0/s1. The van der Waals surface area contributed by atoms with Gasteiger partial charge in [-0.1, -0.05) is 48.0 Å². The Labute approximate surface area is 402 Å². The molecule has 2 heterocycles. The van der Waals surface area contributed by atoms with Gasteiger partial charge >= 0.3 is 0 Å². The van der Waals surface area contributed by atoms with E-state index in [4.69, 9.17) is 51.5 Å². The molecule has 6 N–H and O–H groups in total. The van der Waals surface area contributed by atoms with Crippen LogP contribution in [0.5, 0.6) is 34.5 Å². The zero-order valence-corrected chi connectivity index (χ0v) is 39.4. The quantitative estimate of drug-likeness (QED) is 0.0381. The lowest BCUT2D eigenvalue weighted by atomic mass is 10.0. The largest absolute Gasteiger partial charge is 0.494 e. The number of carbonyl (C=O) groups excluding carboxylic acids is 2. The Bertz CT molecular complexity index is 2580. The summed E-state index contributed by atoms with van der Waals surface area (Å²) in [4.78, 5) is 31.1. The van der Waals surface area contributed by atoms with Gasteiger partial charge in [0.15, 0.2) is 23.0 Å². The average Bonchev–Trinajstić information content (AvgIpc) is 4.00. The summed E-state index contributed by atoms with van der Waals surface area (Å²) in [7, 11) is 1.50. The number of rotatable bonds is 22. The highest BCUT2D eigenvalue weighted by molar-refractivity contribution is 6.30. The molecule has 0 saturated carbocycles. The molecule has 7 rings (SSSR count). The maximum Gasteiger partial charge on any atom is 0.260 e. The molecule has 14 nitrogen and oxygen atoms in total. The smallest absolute Gasteiger partial charge is 0.260 e. The van der Waals surface area contributed by atoms with Gasteiger partial charge in [-0.25, -0.2) is 0 Å². The maximum atomic E-state index is 14.2. The molecule has 5 aromatic carbocycles. The maximum absolute atomic E-state index is 14.2.